The number of sulfonamides is 1. The molecule has 33 heavy (non-hydrogen) atoms. The van der Waals surface area contributed by atoms with Gasteiger partial charge in [-0.1, -0.05) is 54.6 Å². The fourth-order valence-corrected chi connectivity index (χ4v) is 3.87. The summed E-state index contributed by atoms with van der Waals surface area (Å²) in [6.45, 7) is 4.88. The predicted molar refractivity (Wildman–Crippen MR) is 132 cm³/mol. The summed E-state index contributed by atoms with van der Waals surface area (Å²) in [6, 6.07) is 23.3. The molecule has 3 aromatic rings. The molecule has 0 aliphatic heterocycles. The minimum absolute atomic E-state index is 0.153. The van der Waals surface area contributed by atoms with Gasteiger partial charge in [0.1, 0.15) is 0 Å². The van der Waals surface area contributed by atoms with Gasteiger partial charge in [-0.05, 0) is 60.9 Å². The van der Waals surface area contributed by atoms with Crippen molar-refractivity contribution in [1.29, 1.82) is 0 Å². The highest BCUT2D eigenvalue weighted by Crippen LogP contribution is 2.14. The van der Waals surface area contributed by atoms with E-state index in [1.54, 1.807) is 24.3 Å². The first-order valence-corrected chi connectivity index (χ1v) is 12.2. The van der Waals surface area contributed by atoms with Gasteiger partial charge in [0.05, 0.1) is 18.1 Å². The van der Waals surface area contributed by atoms with E-state index in [1.807, 2.05) is 68.4 Å². The second-order valence-electron chi connectivity index (χ2n) is 7.80. The second-order valence-corrected chi connectivity index (χ2v) is 9.37. The summed E-state index contributed by atoms with van der Waals surface area (Å²) in [5, 5.41) is 4.00. The summed E-state index contributed by atoms with van der Waals surface area (Å²) in [4.78, 5) is 12.5. The predicted octanol–water partition coefficient (Wildman–Crippen LogP) is 4.95. The molecule has 0 radical (unpaired) electrons. The SMILES string of the molecule is CC(C)OCc1cccc(CNC(=O)c2ccc(NS(=O)(=O)/C=C/c3ccccc3)cc2)c1. The van der Waals surface area contributed by atoms with Crippen LogP contribution >= 0.6 is 0 Å². The van der Waals surface area contributed by atoms with E-state index >= 15 is 0 Å². The Kier molecular flexibility index (Phi) is 8.40. The van der Waals surface area contributed by atoms with Gasteiger partial charge in [-0.15, -0.1) is 0 Å². The molecule has 3 rings (SSSR count). The normalized spacial score (nSPS) is 11.6. The number of carbonyl (C=O) groups is 1. The molecule has 0 aliphatic rings. The molecule has 3 aromatic carbocycles. The third kappa shape index (κ3) is 8.21. The highest BCUT2D eigenvalue weighted by molar-refractivity contribution is 7.95. The standard InChI is InChI=1S/C26H28N2O4S/c1-20(2)32-19-23-10-6-9-22(17-23)18-27-26(29)24-11-13-25(14-12-24)28-33(30,31)16-15-21-7-4-3-5-8-21/h3-17,20,28H,18-19H2,1-2H3,(H,27,29)/b16-15+. The smallest absolute Gasteiger partial charge is 0.255 e. The average Bonchev–Trinajstić information content (AvgIpc) is 2.81. The maximum Gasteiger partial charge on any atom is 0.255 e. The topological polar surface area (TPSA) is 84.5 Å². The molecular weight excluding hydrogens is 436 g/mol. The minimum Gasteiger partial charge on any atom is -0.374 e. The van der Waals surface area contributed by atoms with E-state index in [2.05, 4.69) is 10.0 Å². The zero-order valence-corrected chi connectivity index (χ0v) is 19.5. The largest absolute Gasteiger partial charge is 0.374 e. The molecule has 172 valence electrons. The van der Waals surface area contributed by atoms with Crippen LogP contribution in [0.1, 0.15) is 40.9 Å². The number of carbonyl (C=O) groups excluding carboxylic acids is 1. The fourth-order valence-electron chi connectivity index (χ4n) is 3.00. The molecule has 0 saturated heterocycles. The van der Waals surface area contributed by atoms with Crippen molar-refractivity contribution in [3.63, 3.8) is 0 Å². The number of rotatable bonds is 10. The highest BCUT2D eigenvalue weighted by Gasteiger charge is 2.09. The first kappa shape index (κ1) is 24.2. The van der Waals surface area contributed by atoms with Crippen molar-refractivity contribution in [3.8, 4) is 0 Å². The third-order valence-corrected chi connectivity index (χ3v) is 5.69. The molecule has 6 nitrogen and oxygen atoms in total. The van der Waals surface area contributed by atoms with Gasteiger partial charge in [0.25, 0.3) is 15.9 Å². The van der Waals surface area contributed by atoms with E-state index in [-0.39, 0.29) is 12.0 Å². The molecule has 7 heteroatoms. The van der Waals surface area contributed by atoms with Crippen molar-refractivity contribution in [2.75, 3.05) is 4.72 Å². The van der Waals surface area contributed by atoms with Gasteiger partial charge in [-0.2, -0.15) is 0 Å². The second kappa shape index (κ2) is 11.4. The molecule has 0 aromatic heterocycles. The van der Waals surface area contributed by atoms with Gasteiger partial charge < -0.3 is 10.1 Å². The van der Waals surface area contributed by atoms with E-state index in [4.69, 9.17) is 4.74 Å². The van der Waals surface area contributed by atoms with Crippen LogP contribution in [0.4, 0.5) is 5.69 Å². The maximum atomic E-state index is 12.5. The first-order valence-electron chi connectivity index (χ1n) is 10.6. The molecule has 0 heterocycles. The number of hydrogen-bond donors (Lipinski definition) is 2. The average molecular weight is 465 g/mol. The van der Waals surface area contributed by atoms with E-state index in [0.29, 0.717) is 24.4 Å². The van der Waals surface area contributed by atoms with Gasteiger partial charge in [0.15, 0.2) is 0 Å². The van der Waals surface area contributed by atoms with Gasteiger partial charge in [0, 0.05) is 17.8 Å². The van der Waals surface area contributed by atoms with Crippen LogP contribution < -0.4 is 10.0 Å². The van der Waals surface area contributed by atoms with Crippen molar-refractivity contribution in [1.82, 2.24) is 5.32 Å². The molecule has 0 bridgehead atoms. The Hall–Kier alpha value is -3.42. The van der Waals surface area contributed by atoms with Crippen molar-refractivity contribution in [2.45, 2.75) is 33.1 Å². The summed E-state index contributed by atoms with van der Waals surface area (Å²) < 4.78 is 32.7. The Morgan fingerprint density at radius 3 is 2.33 bits per heavy atom. The van der Waals surface area contributed by atoms with Crippen molar-refractivity contribution >= 4 is 27.7 Å². The number of benzene rings is 3. The molecule has 0 saturated carbocycles. The summed E-state index contributed by atoms with van der Waals surface area (Å²) in [5.74, 6) is -0.239. The Morgan fingerprint density at radius 2 is 1.64 bits per heavy atom. The molecule has 0 spiro atoms. The number of amides is 1. The van der Waals surface area contributed by atoms with Crippen molar-refractivity contribution in [2.24, 2.45) is 0 Å². The van der Waals surface area contributed by atoms with Crippen LogP contribution in [-0.4, -0.2) is 20.4 Å². The zero-order chi connectivity index (χ0) is 23.7. The summed E-state index contributed by atoms with van der Waals surface area (Å²) in [5.41, 5.74) is 3.63. The molecule has 0 atom stereocenters. The zero-order valence-electron chi connectivity index (χ0n) is 18.7. The fraction of sp³-hybridized carbons (Fsp3) is 0.192. The van der Waals surface area contributed by atoms with Crippen LogP contribution in [0.2, 0.25) is 0 Å². The minimum atomic E-state index is -3.67. The van der Waals surface area contributed by atoms with E-state index < -0.39 is 10.0 Å². The van der Waals surface area contributed by atoms with E-state index in [0.717, 1.165) is 22.1 Å². The first-order chi connectivity index (χ1) is 15.8. The molecule has 2 N–H and O–H groups in total. The lowest BCUT2D eigenvalue weighted by Crippen LogP contribution is -2.22. The highest BCUT2D eigenvalue weighted by atomic mass is 32.2. The molecule has 0 aliphatic carbocycles. The van der Waals surface area contributed by atoms with Crippen LogP contribution in [-0.2, 0) is 27.9 Å². The maximum absolute atomic E-state index is 12.5. The van der Waals surface area contributed by atoms with E-state index in [9.17, 15) is 13.2 Å². The number of nitrogens with one attached hydrogen (secondary N) is 2. The molecular formula is C26H28N2O4S. The third-order valence-electron chi connectivity index (χ3n) is 4.67. The van der Waals surface area contributed by atoms with Crippen LogP contribution in [0.5, 0.6) is 0 Å². The van der Waals surface area contributed by atoms with E-state index in [1.165, 1.54) is 6.08 Å². The molecule has 1 amide bonds. The van der Waals surface area contributed by atoms with Gasteiger partial charge in [-0.3, -0.25) is 9.52 Å². The monoisotopic (exact) mass is 464 g/mol. The summed E-state index contributed by atoms with van der Waals surface area (Å²) in [6.07, 6.45) is 1.68. The Morgan fingerprint density at radius 1 is 0.939 bits per heavy atom. The van der Waals surface area contributed by atoms with Crippen LogP contribution in [0.3, 0.4) is 0 Å². The lowest BCUT2D eigenvalue weighted by atomic mass is 10.1. The van der Waals surface area contributed by atoms with Crippen LogP contribution in [0.15, 0.2) is 84.3 Å². The number of ether oxygens (including phenoxy) is 1. The van der Waals surface area contributed by atoms with Gasteiger partial charge in [-0.25, -0.2) is 8.42 Å². The van der Waals surface area contributed by atoms with Gasteiger partial charge >= 0.3 is 0 Å². The Bertz CT molecular complexity index is 1190. The Labute approximate surface area is 195 Å². The summed E-state index contributed by atoms with van der Waals surface area (Å²) >= 11 is 0. The summed E-state index contributed by atoms with van der Waals surface area (Å²) in [7, 11) is -3.67. The number of hydrogen-bond acceptors (Lipinski definition) is 4. The van der Waals surface area contributed by atoms with Crippen LogP contribution in [0.25, 0.3) is 6.08 Å². The molecule has 0 fully saturated rings. The van der Waals surface area contributed by atoms with Crippen LogP contribution in [0, 0.1) is 0 Å². The quantitative estimate of drug-likeness (QED) is 0.444. The molecule has 0 unspecified atom stereocenters. The van der Waals surface area contributed by atoms with Crippen molar-refractivity contribution in [3.05, 3.63) is 107 Å². The van der Waals surface area contributed by atoms with Gasteiger partial charge in [0.2, 0.25) is 0 Å². The van der Waals surface area contributed by atoms with Crippen molar-refractivity contribution < 1.29 is 17.9 Å². The lowest BCUT2D eigenvalue weighted by Gasteiger charge is -2.10. The number of anilines is 1. The lowest BCUT2D eigenvalue weighted by molar-refractivity contribution is 0.0657. The Balaban J connectivity index is 1.55.